The van der Waals surface area contributed by atoms with Crippen LogP contribution < -0.4 is 10.3 Å². The van der Waals surface area contributed by atoms with E-state index in [-0.39, 0.29) is 5.56 Å². The summed E-state index contributed by atoms with van der Waals surface area (Å²) in [7, 11) is 1.69. The molecule has 5 nitrogen and oxygen atoms in total. The number of ether oxygens (including phenoxy) is 1. The average Bonchev–Trinajstić information content (AvgIpc) is 3.09. The van der Waals surface area contributed by atoms with E-state index in [1.165, 1.54) is 17.2 Å². The molecule has 138 valence electrons. The minimum absolute atomic E-state index is 0.176. The van der Waals surface area contributed by atoms with Crippen molar-refractivity contribution >= 4 is 16.9 Å². The molecule has 1 N–H and O–H groups in total. The van der Waals surface area contributed by atoms with E-state index in [2.05, 4.69) is 6.07 Å². The van der Waals surface area contributed by atoms with Crippen LogP contribution in [0, 0.1) is 5.92 Å². The Labute approximate surface area is 156 Å². The van der Waals surface area contributed by atoms with Crippen molar-refractivity contribution in [3.05, 3.63) is 75.6 Å². The quantitative estimate of drug-likeness (QED) is 0.753. The van der Waals surface area contributed by atoms with Crippen molar-refractivity contribution in [3.8, 4) is 5.75 Å². The highest BCUT2D eigenvalue weighted by Crippen LogP contribution is 2.35. The zero-order valence-corrected chi connectivity index (χ0v) is 15.1. The van der Waals surface area contributed by atoms with Gasteiger partial charge in [-0.1, -0.05) is 30.3 Å². The first kappa shape index (κ1) is 17.3. The van der Waals surface area contributed by atoms with Gasteiger partial charge in [-0.25, -0.2) is 4.79 Å². The fourth-order valence-electron chi connectivity index (χ4n) is 4.12. The Hall–Kier alpha value is -3.08. The van der Waals surface area contributed by atoms with Gasteiger partial charge >= 0.3 is 5.97 Å². The third kappa shape index (κ3) is 3.10. The van der Waals surface area contributed by atoms with Crippen molar-refractivity contribution in [2.75, 3.05) is 7.11 Å². The second-order valence-corrected chi connectivity index (χ2v) is 7.04. The summed E-state index contributed by atoms with van der Waals surface area (Å²) in [5.41, 5.74) is 2.72. The van der Waals surface area contributed by atoms with Crippen LogP contribution in [0.1, 0.15) is 27.9 Å². The highest BCUT2D eigenvalue weighted by atomic mass is 16.5. The van der Waals surface area contributed by atoms with Gasteiger partial charge in [0.2, 0.25) is 0 Å². The molecule has 0 radical (unpaired) electrons. The maximum atomic E-state index is 12.7. The van der Waals surface area contributed by atoms with Gasteiger partial charge in [0, 0.05) is 6.54 Å². The Kier molecular flexibility index (Phi) is 4.44. The van der Waals surface area contributed by atoms with Crippen LogP contribution in [0.5, 0.6) is 5.75 Å². The van der Waals surface area contributed by atoms with Gasteiger partial charge in [0.1, 0.15) is 11.3 Å². The summed E-state index contributed by atoms with van der Waals surface area (Å²) >= 11 is 0. The lowest BCUT2D eigenvalue weighted by molar-refractivity contribution is 0.0694. The lowest BCUT2D eigenvalue weighted by Gasteiger charge is -2.14. The van der Waals surface area contributed by atoms with Crippen LogP contribution in [0.25, 0.3) is 10.9 Å². The van der Waals surface area contributed by atoms with E-state index >= 15 is 0 Å². The van der Waals surface area contributed by atoms with Gasteiger partial charge in [0.25, 0.3) is 5.56 Å². The van der Waals surface area contributed by atoms with Crippen LogP contribution in [0.2, 0.25) is 0 Å². The van der Waals surface area contributed by atoms with Crippen molar-refractivity contribution in [2.45, 2.75) is 25.8 Å². The molecule has 5 heteroatoms. The Morgan fingerprint density at radius 1 is 1.19 bits per heavy atom. The number of aromatic carboxylic acids is 1. The van der Waals surface area contributed by atoms with E-state index in [0.717, 1.165) is 35.9 Å². The minimum Gasteiger partial charge on any atom is -0.496 e. The largest absolute Gasteiger partial charge is 0.496 e. The number of nitrogens with zero attached hydrogens (tertiary/aromatic N) is 1. The molecule has 0 saturated carbocycles. The topological polar surface area (TPSA) is 68.5 Å². The predicted octanol–water partition coefficient (Wildman–Crippen LogP) is 3.51. The molecule has 4 rings (SSSR count). The van der Waals surface area contributed by atoms with Crippen molar-refractivity contribution in [1.29, 1.82) is 0 Å². The second-order valence-electron chi connectivity index (χ2n) is 7.04. The number of hydrogen-bond acceptors (Lipinski definition) is 3. The second kappa shape index (κ2) is 6.91. The molecule has 0 amide bonds. The first-order valence-electron chi connectivity index (χ1n) is 9.09. The van der Waals surface area contributed by atoms with Crippen molar-refractivity contribution in [3.63, 3.8) is 0 Å². The maximum Gasteiger partial charge on any atom is 0.341 e. The number of pyridine rings is 1. The van der Waals surface area contributed by atoms with Crippen molar-refractivity contribution < 1.29 is 14.6 Å². The smallest absolute Gasteiger partial charge is 0.341 e. The van der Waals surface area contributed by atoms with Crippen LogP contribution in [-0.4, -0.2) is 22.8 Å². The molecule has 1 aliphatic rings. The zero-order valence-electron chi connectivity index (χ0n) is 15.1. The molecule has 1 unspecified atom stereocenters. The third-order valence-corrected chi connectivity index (χ3v) is 5.45. The molecule has 27 heavy (non-hydrogen) atoms. The fourth-order valence-corrected chi connectivity index (χ4v) is 4.12. The number of carboxylic acids is 1. The van der Waals surface area contributed by atoms with Crippen LogP contribution in [0.3, 0.4) is 0 Å². The number of aromatic nitrogens is 1. The SMILES string of the molecule is COc1cccc2c1CC(CCn1c(=O)c(C(=O)O)cc3ccccc31)C2. The van der Waals surface area contributed by atoms with Crippen LogP contribution >= 0.6 is 0 Å². The third-order valence-electron chi connectivity index (χ3n) is 5.45. The monoisotopic (exact) mass is 363 g/mol. The van der Waals surface area contributed by atoms with E-state index < -0.39 is 11.5 Å². The van der Waals surface area contributed by atoms with Gasteiger partial charge in [0.05, 0.1) is 12.6 Å². The number of methoxy groups -OCH3 is 1. The molecule has 0 spiro atoms. The predicted molar refractivity (Wildman–Crippen MR) is 104 cm³/mol. The number of fused-ring (bicyclic) bond motifs is 2. The van der Waals surface area contributed by atoms with Gasteiger partial charge in [-0.05, 0) is 59.9 Å². The Morgan fingerprint density at radius 3 is 2.78 bits per heavy atom. The Bertz CT molecular complexity index is 1080. The normalized spacial score (nSPS) is 15.7. The average molecular weight is 363 g/mol. The van der Waals surface area contributed by atoms with E-state index in [9.17, 15) is 14.7 Å². The molecule has 2 aromatic carbocycles. The Balaban J connectivity index is 1.62. The van der Waals surface area contributed by atoms with Gasteiger partial charge in [0.15, 0.2) is 0 Å². The number of benzene rings is 2. The highest BCUT2D eigenvalue weighted by Gasteiger charge is 2.24. The number of para-hydroxylation sites is 1. The lowest BCUT2D eigenvalue weighted by Crippen LogP contribution is -2.27. The molecule has 1 heterocycles. The summed E-state index contributed by atoms with van der Waals surface area (Å²) in [5.74, 6) is 0.151. The molecule has 0 bridgehead atoms. The molecule has 1 aliphatic carbocycles. The van der Waals surface area contributed by atoms with Crippen LogP contribution in [0.4, 0.5) is 0 Å². The van der Waals surface area contributed by atoms with Gasteiger partial charge < -0.3 is 14.4 Å². The maximum absolute atomic E-state index is 12.7. The van der Waals surface area contributed by atoms with Crippen LogP contribution in [-0.2, 0) is 19.4 Å². The number of rotatable bonds is 5. The number of carboxylic acid groups (broad SMARTS) is 1. The van der Waals surface area contributed by atoms with E-state index in [1.54, 1.807) is 11.7 Å². The number of carbonyl (C=O) groups is 1. The van der Waals surface area contributed by atoms with E-state index in [4.69, 9.17) is 4.74 Å². The number of aryl methyl sites for hydroxylation is 1. The molecular weight excluding hydrogens is 342 g/mol. The molecule has 3 aromatic rings. The highest BCUT2D eigenvalue weighted by molar-refractivity contribution is 5.92. The first-order valence-corrected chi connectivity index (χ1v) is 9.09. The molecule has 0 saturated heterocycles. The number of hydrogen-bond donors (Lipinski definition) is 1. The van der Waals surface area contributed by atoms with Crippen molar-refractivity contribution in [1.82, 2.24) is 4.57 Å². The van der Waals surface area contributed by atoms with Crippen LogP contribution in [0.15, 0.2) is 53.3 Å². The summed E-state index contributed by atoms with van der Waals surface area (Å²) in [6.07, 6.45) is 2.69. The van der Waals surface area contributed by atoms with E-state index in [1.807, 2.05) is 36.4 Å². The van der Waals surface area contributed by atoms with E-state index in [0.29, 0.717) is 12.5 Å². The molecule has 0 fully saturated rings. The lowest BCUT2D eigenvalue weighted by atomic mass is 10.0. The van der Waals surface area contributed by atoms with Gasteiger partial charge in [-0.2, -0.15) is 0 Å². The van der Waals surface area contributed by atoms with Crippen molar-refractivity contribution in [2.24, 2.45) is 5.92 Å². The summed E-state index contributed by atoms with van der Waals surface area (Å²) in [4.78, 5) is 24.2. The molecular formula is C22H21NO4. The summed E-state index contributed by atoms with van der Waals surface area (Å²) in [6.45, 7) is 0.501. The first-order chi connectivity index (χ1) is 13.1. The molecule has 1 atom stereocenters. The fraction of sp³-hybridized carbons (Fsp3) is 0.273. The van der Waals surface area contributed by atoms with Gasteiger partial charge in [-0.15, -0.1) is 0 Å². The summed E-state index contributed by atoms with van der Waals surface area (Å²) in [6, 6.07) is 15.0. The molecule has 1 aromatic heterocycles. The minimum atomic E-state index is -1.18. The van der Waals surface area contributed by atoms with Gasteiger partial charge in [-0.3, -0.25) is 4.79 Å². The molecule has 0 aliphatic heterocycles. The summed E-state index contributed by atoms with van der Waals surface area (Å²) < 4.78 is 7.08. The standard InChI is InChI=1S/C22H21NO4/c1-27-20-8-4-6-15-11-14(12-17(15)20)9-10-23-19-7-3-2-5-16(19)13-18(21(23)24)22(25)26/h2-8,13-14H,9-12H2,1H3,(H,25,26). The summed E-state index contributed by atoms with van der Waals surface area (Å²) in [5, 5.41) is 10.1. The Morgan fingerprint density at radius 2 is 2.00 bits per heavy atom. The zero-order chi connectivity index (χ0) is 19.0.